The second kappa shape index (κ2) is 10.6. The zero-order chi connectivity index (χ0) is 19.6. The molecule has 2 aromatic rings. The van der Waals surface area contributed by atoms with Crippen LogP contribution in [0.25, 0.3) is 0 Å². The summed E-state index contributed by atoms with van der Waals surface area (Å²) in [5.41, 5.74) is 2.29. The molecule has 2 aromatic carbocycles. The summed E-state index contributed by atoms with van der Waals surface area (Å²) in [6.07, 6.45) is 0.925. The van der Waals surface area contributed by atoms with Crippen LogP contribution in [0.2, 0.25) is 0 Å². The van der Waals surface area contributed by atoms with E-state index in [0.29, 0.717) is 13.2 Å². The third kappa shape index (κ3) is 5.63. The van der Waals surface area contributed by atoms with Gasteiger partial charge in [-0.1, -0.05) is 30.3 Å². The average Bonchev–Trinajstić information content (AvgIpc) is 3.15. The van der Waals surface area contributed by atoms with E-state index in [1.54, 1.807) is 7.11 Å². The first-order valence-corrected chi connectivity index (χ1v) is 9.77. The Morgan fingerprint density at radius 2 is 2.00 bits per heavy atom. The van der Waals surface area contributed by atoms with E-state index in [0.717, 1.165) is 54.8 Å². The topological polar surface area (TPSA) is 64.1 Å². The standard InChI is InChI=1S/C22H29N3O3/c1-3-27-14-6-13-23-22(24-15-17-9-11-18(26-2)12-10-17)25-20-16-28-21-8-5-4-7-19(20)21/h4-5,7-12,20H,3,6,13-16H2,1-2H3,(H2,23,24,25). The molecule has 150 valence electrons. The Balaban J connectivity index is 1.63. The van der Waals surface area contributed by atoms with Gasteiger partial charge in [-0.25, -0.2) is 4.99 Å². The molecule has 0 radical (unpaired) electrons. The molecular weight excluding hydrogens is 354 g/mol. The molecule has 0 spiro atoms. The summed E-state index contributed by atoms with van der Waals surface area (Å²) in [5.74, 6) is 2.56. The van der Waals surface area contributed by atoms with Crippen LogP contribution in [0.4, 0.5) is 0 Å². The molecule has 1 unspecified atom stereocenters. The van der Waals surface area contributed by atoms with E-state index in [1.165, 1.54) is 0 Å². The Kier molecular flexibility index (Phi) is 7.55. The first-order valence-electron chi connectivity index (χ1n) is 9.77. The van der Waals surface area contributed by atoms with E-state index >= 15 is 0 Å². The molecule has 3 rings (SSSR count). The normalized spacial score (nSPS) is 15.6. The fraction of sp³-hybridized carbons (Fsp3) is 0.409. The summed E-state index contributed by atoms with van der Waals surface area (Å²) in [5, 5.41) is 6.91. The van der Waals surface area contributed by atoms with Crippen molar-refractivity contribution in [2.45, 2.75) is 25.9 Å². The van der Waals surface area contributed by atoms with Gasteiger partial charge in [-0.3, -0.25) is 0 Å². The van der Waals surface area contributed by atoms with Gasteiger partial charge in [0.2, 0.25) is 0 Å². The van der Waals surface area contributed by atoms with Crippen LogP contribution in [0, 0.1) is 0 Å². The lowest BCUT2D eigenvalue weighted by molar-refractivity contribution is 0.145. The number of para-hydroxylation sites is 1. The van der Waals surface area contributed by atoms with Crippen molar-refractivity contribution in [3.63, 3.8) is 0 Å². The number of nitrogens with one attached hydrogen (secondary N) is 2. The Hall–Kier alpha value is -2.73. The molecule has 2 N–H and O–H groups in total. The van der Waals surface area contributed by atoms with Gasteiger partial charge in [-0.2, -0.15) is 0 Å². The van der Waals surface area contributed by atoms with Crippen molar-refractivity contribution in [3.05, 3.63) is 59.7 Å². The number of fused-ring (bicyclic) bond motifs is 1. The number of aliphatic imine (C=N–C) groups is 1. The van der Waals surface area contributed by atoms with Gasteiger partial charge in [0.15, 0.2) is 5.96 Å². The summed E-state index contributed by atoms with van der Waals surface area (Å²) in [7, 11) is 1.67. The lowest BCUT2D eigenvalue weighted by Crippen LogP contribution is -2.40. The number of nitrogens with zero attached hydrogens (tertiary/aromatic N) is 1. The predicted octanol–water partition coefficient (Wildman–Crippen LogP) is 3.29. The molecule has 1 atom stereocenters. The predicted molar refractivity (Wildman–Crippen MR) is 111 cm³/mol. The third-order valence-electron chi connectivity index (χ3n) is 4.55. The van der Waals surface area contributed by atoms with Gasteiger partial charge in [-0.15, -0.1) is 0 Å². The molecule has 6 heteroatoms. The molecule has 0 aromatic heterocycles. The fourth-order valence-electron chi connectivity index (χ4n) is 3.03. The minimum absolute atomic E-state index is 0.0882. The van der Waals surface area contributed by atoms with Gasteiger partial charge >= 0.3 is 0 Å². The Bertz CT molecular complexity index is 762. The van der Waals surface area contributed by atoms with E-state index in [-0.39, 0.29) is 6.04 Å². The van der Waals surface area contributed by atoms with Crippen molar-refractivity contribution in [3.8, 4) is 11.5 Å². The largest absolute Gasteiger partial charge is 0.497 e. The first kappa shape index (κ1) is 20.0. The summed E-state index contributed by atoms with van der Waals surface area (Å²) in [6, 6.07) is 16.2. The van der Waals surface area contributed by atoms with Gasteiger partial charge in [0.05, 0.1) is 19.7 Å². The maximum atomic E-state index is 5.78. The zero-order valence-electron chi connectivity index (χ0n) is 16.6. The number of benzene rings is 2. The molecular formula is C22H29N3O3. The number of hydrogen-bond acceptors (Lipinski definition) is 4. The van der Waals surface area contributed by atoms with Crippen LogP contribution in [-0.4, -0.2) is 39.4 Å². The van der Waals surface area contributed by atoms with E-state index in [1.807, 2.05) is 49.4 Å². The summed E-state index contributed by atoms with van der Waals surface area (Å²) >= 11 is 0. The molecule has 1 aliphatic rings. The maximum Gasteiger partial charge on any atom is 0.192 e. The van der Waals surface area contributed by atoms with Crippen LogP contribution in [-0.2, 0) is 11.3 Å². The van der Waals surface area contributed by atoms with Crippen LogP contribution in [0.1, 0.15) is 30.5 Å². The molecule has 1 aliphatic heterocycles. The molecule has 0 saturated carbocycles. The first-order chi connectivity index (χ1) is 13.8. The quantitative estimate of drug-likeness (QED) is 0.395. The van der Waals surface area contributed by atoms with Gasteiger partial charge in [0.1, 0.15) is 18.1 Å². The van der Waals surface area contributed by atoms with Gasteiger partial charge in [-0.05, 0) is 37.1 Å². The number of ether oxygens (including phenoxy) is 3. The summed E-state index contributed by atoms with van der Waals surface area (Å²) < 4.78 is 16.4. The summed E-state index contributed by atoms with van der Waals surface area (Å²) in [6.45, 7) is 5.47. The lowest BCUT2D eigenvalue weighted by Gasteiger charge is -2.17. The SMILES string of the molecule is CCOCCCNC(=NCc1ccc(OC)cc1)NC1COc2ccccc21. The van der Waals surface area contributed by atoms with Crippen LogP contribution in [0.3, 0.4) is 0 Å². The van der Waals surface area contributed by atoms with Crippen LogP contribution in [0.5, 0.6) is 11.5 Å². The molecule has 0 fully saturated rings. The minimum Gasteiger partial charge on any atom is -0.497 e. The highest BCUT2D eigenvalue weighted by atomic mass is 16.5. The van der Waals surface area contributed by atoms with E-state index in [9.17, 15) is 0 Å². The van der Waals surface area contributed by atoms with E-state index < -0.39 is 0 Å². The smallest absolute Gasteiger partial charge is 0.192 e. The van der Waals surface area contributed by atoms with Gasteiger partial charge in [0.25, 0.3) is 0 Å². The monoisotopic (exact) mass is 383 g/mol. The minimum atomic E-state index is 0.0882. The van der Waals surface area contributed by atoms with Crippen molar-refractivity contribution in [1.29, 1.82) is 0 Å². The number of methoxy groups -OCH3 is 1. The average molecular weight is 383 g/mol. The van der Waals surface area contributed by atoms with Crippen molar-refractivity contribution < 1.29 is 14.2 Å². The Labute approximate surface area is 166 Å². The number of rotatable bonds is 9. The third-order valence-corrected chi connectivity index (χ3v) is 4.55. The molecule has 0 amide bonds. The highest BCUT2D eigenvalue weighted by molar-refractivity contribution is 5.80. The zero-order valence-corrected chi connectivity index (χ0v) is 16.6. The molecule has 1 heterocycles. The second-order valence-electron chi connectivity index (χ2n) is 6.54. The van der Waals surface area contributed by atoms with E-state index in [2.05, 4.69) is 16.7 Å². The fourth-order valence-corrected chi connectivity index (χ4v) is 3.03. The Morgan fingerprint density at radius 3 is 2.79 bits per heavy atom. The van der Waals surface area contributed by atoms with Gasteiger partial charge < -0.3 is 24.8 Å². The van der Waals surface area contributed by atoms with Crippen molar-refractivity contribution in [2.24, 2.45) is 4.99 Å². The molecule has 0 saturated heterocycles. The van der Waals surface area contributed by atoms with Crippen molar-refractivity contribution in [2.75, 3.05) is 33.5 Å². The summed E-state index contributed by atoms with van der Waals surface area (Å²) in [4.78, 5) is 4.76. The highest BCUT2D eigenvalue weighted by Crippen LogP contribution is 2.31. The number of hydrogen-bond donors (Lipinski definition) is 2. The number of guanidine groups is 1. The van der Waals surface area contributed by atoms with Crippen molar-refractivity contribution in [1.82, 2.24) is 10.6 Å². The lowest BCUT2D eigenvalue weighted by atomic mass is 10.1. The molecule has 6 nitrogen and oxygen atoms in total. The van der Waals surface area contributed by atoms with Crippen molar-refractivity contribution >= 4 is 5.96 Å². The van der Waals surface area contributed by atoms with Crippen LogP contribution < -0.4 is 20.1 Å². The Morgan fingerprint density at radius 1 is 1.18 bits per heavy atom. The highest BCUT2D eigenvalue weighted by Gasteiger charge is 2.24. The van der Waals surface area contributed by atoms with Crippen LogP contribution in [0.15, 0.2) is 53.5 Å². The molecule has 0 bridgehead atoms. The maximum absolute atomic E-state index is 5.78. The van der Waals surface area contributed by atoms with Crippen LogP contribution >= 0.6 is 0 Å². The molecule has 0 aliphatic carbocycles. The van der Waals surface area contributed by atoms with Gasteiger partial charge in [0, 0.05) is 25.3 Å². The van der Waals surface area contributed by atoms with E-state index in [4.69, 9.17) is 19.2 Å². The molecule has 28 heavy (non-hydrogen) atoms. The second-order valence-corrected chi connectivity index (χ2v) is 6.54.